The predicted octanol–water partition coefficient (Wildman–Crippen LogP) is 4.55. The number of hydrogen-bond acceptors (Lipinski definition) is 5. The molecule has 8 heteroatoms. The highest BCUT2D eigenvalue weighted by atomic mass is 32.1. The van der Waals surface area contributed by atoms with E-state index in [-0.39, 0.29) is 5.82 Å². The molecule has 162 valence electrons. The number of fused-ring (bicyclic) bond motifs is 1. The van der Waals surface area contributed by atoms with Gasteiger partial charge in [-0.25, -0.2) is 14.4 Å². The Morgan fingerprint density at radius 1 is 1.16 bits per heavy atom. The van der Waals surface area contributed by atoms with Crippen LogP contribution in [0.1, 0.15) is 22.6 Å². The van der Waals surface area contributed by atoms with E-state index in [0.717, 1.165) is 39.7 Å². The molecular formula is C23H25FN4O2S. The highest BCUT2D eigenvalue weighted by Gasteiger charge is 2.12. The average molecular weight is 441 g/mol. The number of aliphatic imine (C=N–C) groups is 1. The number of thiazole rings is 1. The van der Waals surface area contributed by atoms with E-state index in [1.165, 1.54) is 6.07 Å². The van der Waals surface area contributed by atoms with Gasteiger partial charge in [0.25, 0.3) is 0 Å². The van der Waals surface area contributed by atoms with Crippen LogP contribution in [0.4, 0.5) is 10.1 Å². The van der Waals surface area contributed by atoms with Crippen molar-refractivity contribution >= 4 is 23.0 Å². The number of anilines is 1. The van der Waals surface area contributed by atoms with Crippen LogP contribution in [0.25, 0.3) is 0 Å². The number of rotatable bonds is 6. The fourth-order valence-electron chi connectivity index (χ4n) is 3.16. The number of nitrogens with zero attached hydrogens (tertiary/aromatic N) is 2. The largest absolute Gasteiger partial charge is 0.490 e. The minimum Gasteiger partial charge on any atom is -0.490 e. The first kappa shape index (κ1) is 21.1. The second kappa shape index (κ2) is 10.3. The normalized spacial score (nSPS) is 13.5. The summed E-state index contributed by atoms with van der Waals surface area (Å²) in [5, 5.41) is 6.68. The molecule has 2 heterocycles. The Bertz CT molecular complexity index is 1050. The quantitative estimate of drug-likeness (QED) is 0.435. The van der Waals surface area contributed by atoms with Crippen LogP contribution in [-0.2, 0) is 13.0 Å². The standard InChI is InChI=1S/C23H25FN4O2S/c1-16-22(31-15-27-16)14-26-23(25-9-8-17-4-2-5-18(24)12-17)28-19-6-7-20-21(13-19)30-11-3-10-29-20/h2,4-7,12-13,15H,3,8-11,14H2,1H3,(H2,25,26,28). The van der Waals surface area contributed by atoms with Gasteiger partial charge in [0.1, 0.15) is 5.82 Å². The third-order valence-electron chi connectivity index (χ3n) is 4.83. The number of halogens is 1. The smallest absolute Gasteiger partial charge is 0.196 e. The molecule has 6 nitrogen and oxygen atoms in total. The lowest BCUT2D eigenvalue weighted by molar-refractivity contribution is 0.297. The van der Waals surface area contributed by atoms with Crippen molar-refractivity contribution in [3.8, 4) is 11.5 Å². The van der Waals surface area contributed by atoms with Gasteiger partial charge in [-0.1, -0.05) is 12.1 Å². The van der Waals surface area contributed by atoms with E-state index in [1.807, 2.05) is 36.7 Å². The maximum atomic E-state index is 13.4. The molecule has 0 bridgehead atoms. The molecule has 0 saturated heterocycles. The summed E-state index contributed by atoms with van der Waals surface area (Å²) in [7, 11) is 0. The summed E-state index contributed by atoms with van der Waals surface area (Å²) in [6.45, 7) is 4.41. The molecule has 2 aromatic carbocycles. The zero-order valence-electron chi connectivity index (χ0n) is 17.4. The van der Waals surface area contributed by atoms with Gasteiger partial charge in [0.15, 0.2) is 17.5 Å². The zero-order valence-corrected chi connectivity index (χ0v) is 18.2. The van der Waals surface area contributed by atoms with E-state index in [1.54, 1.807) is 23.5 Å². The predicted molar refractivity (Wildman–Crippen MR) is 122 cm³/mol. The Morgan fingerprint density at radius 3 is 2.84 bits per heavy atom. The highest BCUT2D eigenvalue weighted by Crippen LogP contribution is 2.32. The molecule has 1 aliphatic rings. The summed E-state index contributed by atoms with van der Waals surface area (Å²) < 4.78 is 24.9. The number of nitrogens with one attached hydrogen (secondary N) is 2. The Morgan fingerprint density at radius 2 is 2.03 bits per heavy atom. The lowest BCUT2D eigenvalue weighted by atomic mass is 10.1. The summed E-state index contributed by atoms with van der Waals surface area (Å²) in [4.78, 5) is 10.1. The van der Waals surface area contributed by atoms with Crippen LogP contribution in [0.2, 0.25) is 0 Å². The lowest BCUT2D eigenvalue weighted by Crippen LogP contribution is -2.32. The molecule has 31 heavy (non-hydrogen) atoms. The van der Waals surface area contributed by atoms with Crippen molar-refractivity contribution in [2.75, 3.05) is 25.1 Å². The fourth-order valence-corrected chi connectivity index (χ4v) is 3.86. The van der Waals surface area contributed by atoms with E-state index in [4.69, 9.17) is 14.5 Å². The topological polar surface area (TPSA) is 67.8 Å². The van der Waals surface area contributed by atoms with E-state index >= 15 is 0 Å². The third kappa shape index (κ3) is 5.95. The van der Waals surface area contributed by atoms with Crippen LogP contribution in [0.5, 0.6) is 11.5 Å². The van der Waals surface area contributed by atoms with Gasteiger partial charge >= 0.3 is 0 Å². The second-order valence-electron chi connectivity index (χ2n) is 7.17. The molecule has 1 aliphatic heterocycles. The molecule has 4 rings (SSSR count). The number of hydrogen-bond donors (Lipinski definition) is 2. The number of aryl methyl sites for hydroxylation is 1. The Balaban J connectivity index is 1.46. The zero-order chi connectivity index (χ0) is 21.5. The third-order valence-corrected chi connectivity index (χ3v) is 5.75. The Labute approximate surface area is 185 Å². The molecule has 0 amide bonds. The number of benzene rings is 2. The summed E-state index contributed by atoms with van der Waals surface area (Å²) in [6, 6.07) is 12.4. The molecule has 3 aromatic rings. The van der Waals surface area contributed by atoms with E-state index in [9.17, 15) is 4.39 Å². The molecule has 0 saturated carbocycles. The summed E-state index contributed by atoms with van der Waals surface area (Å²) >= 11 is 1.59. The maximum absolute atomic E-state index is 13.4. The van der Waals surface area contributed by atoms with E-state index in [0.29, 0.717) is 38.7 Å². The number of guanidine groups is 1. The minimum absolute atomic E-state index is 0.225. The van der Waals surface area contributed by atoms with Crippen LogP contribution in [-0.4, -0.2) is 30.7 Å². The van der Waals surface area contributed by atoms with Crippen LogP contribution in [0, 0.1) is 12.7 Å². The van der Waals surface area contributed by atoms with Crippen molar-refractivity contribution in [2.45, 2.75) is 26.3 Å². The fraction of sp³-hybridized carbons (Fsp3) is 0.304. The van der Waals surface area contributed by atoms with Crippen LogP contribution in [0.3, 0.4) is 0 Å². The lowest BCUT2D eigenvalue weighted by Gasteiger charge is -2.15. The summed E-state index contributed by atoms with van der Waals surface area (Å²) in [5.74, 6) is 1.89. The Kier molecular flexibility index (Phi) is 6.99. The average Bonchev–Trinajstić information content (AvgIpc) is 3.03. The first-order valence-corrected chi connectivity index (χ1v) is 11.1. The maximum Gasteiger partial charge on any atom is 0.196 e. The van der Waals surface area contributed by atoms with Gasteiger partial charge in [0.05, 0.1) is 31.0 Å². The molecule has 0 radical (unpaired) electrons. The van der Waals surface area contributed by atoms with Crippen molar-refractivity contribution in [3.63, 3.8) is 0 Å². The van der Waals surface area contributed by atoms with Crippen molar-refractivity contribution in [2.24, 2.45) is 4.99 Å². The summed E-state index contributed by atoms with van der Waals surface area (Å²) in [6.07, 6.45) is 1.54. The molecular weight excluding hydrogens is 415 g/mol. The van der Waals surface area contributed by atoms with Crippen LogP contribution >= 0.6 is 11.3 Å². The van der Waals surface area contributed by atoms with Gasteiger partial charge in [0, 0.05) is 29.6 Å². The van der Waals surface area contributed by atoms with Crippen molar-refractivity contribution in [1.29, 1.82) is 0 Å². The van der Waals surface area contributed by atoms with E-state index in [2.05, 4.69) is 15.6 Å². The summed E-state index contributed by atoms with van der Waals surface area (Å²) in [5.41, 5.74) is 4.60. The first-order chi connectivity index (χ1) is 15.2. The molecule has 2 N–H and O–H groups in total. The SMILES string of the molecule is Cc1ncsc1CN=C(NCCc1cccc(F)c1)Nc1ccc2c(c1)OCCCO2. The van der Waals surface area contributed by atoms with E-state index < -0.39 is 0 Å². The van der Waals surface area contributed by atoms with Crippen LogP contribution < -0.4 is 20.1 Å². The molecule has 0 unspecified atom stereocenters. The minimum atomic E-state index is -0.225. The van der Waals surface area contributed by atoms with Crippen LogP contribution in [0.15, 0.2) is 53.0 Å². The van der Waals surface area contributed by atoms with Gasteiger partial charge < -0.3 is 20.1 Å². The van der Waals surface area contributed by atoms with Gasteiger partial charge in [0.2, 0.25) is 0 Å². The van der Waals surface area contributed by atoms with Crippen molar-refractivity contribution in [3.05, 3.63) is 69.9 Å². The highest BCUT2D eigenvalue weighted by molar-refractivity contribution is 7.09. The molecule has 0 spiro atoms. The van der Waals surface area contributed by atoms with Gasteiger partial charge in [-0.05, 0) is 43.2 Å². The molecule has 0 atom stereocenters. The second-order valence-corrected chi connectivity index (χ2v) is 8.11. The van der Waals surface area contributed by atoms with Crippen molar-refractivity contribution in [1.82, 2.24) is 10.3 Å². The van der Waals surface area contributed by atoms with Gasteiger partial charge in [-0.2, -0.15) is 0 Å². The van der Waals surface area contributed by atoms with Crippen molar-refractivity contribution < 1.29 is 13.9 Å². The first-order valence-electron chi connectivity index (χ1n) is 10.3. The van der Waals surface area contributed by atoms with Gasteiger partial charge in [-0.3, -0.25) is 0 Å². The number of ether oxygens (including phenoxy) is 2. The number of aromatic nitrogens is 1. The molecule has 0 aliphatic carbocycles. The van der Waals surface area contributed by atoms with Gasteiger partial charge in [-0.15, -0.1) is 11.3 Å². The molecule has 1 aromatic heterocycles. The Hall–Kier alpha value is -3.13. The monoisotopic (exact) mass is 440 g/mol. The molecule has 0 fully saturated rings.